The van der Waals surface area contributed by atoms with Gasteiger partial charge in [-0.1, -0.05) is 11.6 Å². The number of nitrogens with zero attached hydrogens (tertiary/aromatic N) is 1. The zero-order chi connectivity index (χ0) is 12.3. The van der Waals surface area contributed by atoms with Crippen LogP contribution in [0.3, 0.4) is 0 Å². The van der Waals surface area contributed by atoms with Gasteiger partial charge in [-0.2, -0.15) is 0 Å². The number of nitro benzene ring substituents is 1. The van der Waals surface area contributed by atoms with Crippen LogP contribution in [0, 0.1) is 17.0 Å². The van der Waals surface area contributed by atoms with Crippen molar-refractivity contribution >= 4 is 11.7 Å². The Morgan fingerprint density at radius 2 is 2.19 bits per heavy atom. The van der Waals surface area contributed by atoms with Gasteiger partial charge in [0.15, 0.2) is 0 Å². The number of carboxylic acid groups (broad SMARTS) is 1. The largest absolute Gasteiger partial charge is 0.481 e. The van der Waals surface area contributed by atoms with Crippen molar-refractivity contribution < 1.29 is 19.9 Å². The van der Waals surface area contributed by atoms with Crippen LogP contribution in [0.1, 0.15) is 23.7 Å². The van der Waals surface area contributed by atoms with Gasteiger partial charge >= 0.3 is 5.97 Å². The van der Waals surface area contributed by atoms with Crippen LogP contribution in [0.5, 0.6) is 0 Å². The molecule has 0 aliphatic carbocycles. The number of carbonyl (C=O) groups is 1. The van der Waals surface area contributed by atoms with E-state index in [4.69, 9.17) is 5.11 Å². The van der Waals surface area contributed by atoms with E-state index in [2.05, 4.69) is 0 Å². The van der Waals surface area contributed by atoms with Crippen LogP contribution in [-0.2, 0) is 4.79 Å². The zero-order valence-electron chi connectivity index (χ0n) is 8.58. The average molecular weight is 225 g/mol. The van der Waals surface area contributed by atoms with E-state index in [1.165, 1.54) is 18.2 Å². The van der Waals surface area contributed by atoms with E-state index in [1.807, 2.05) is 0 Å². The topological polar surface area (TPSA) is 101 Å². The second-order valence-corrected chi connectivity index (χ2v) is 3.43. The SMILES string of the molecule is Cc1ccc([N+](=O)[O-])c(C(O)CC(=O)O)c1. The van der Waals surface area contributed by atoms with Crippen LogP contribution >= 0.6 is 0 Å². The molecule has 0 saturated carbocycles. The molecule has 1 rings (SSSR count). The maximum Gasteiger partial charge on any atom is 0.306 e. The van der Waals surface area contributed by atoms with Crippen LogP contribution in [0.15, 0.2) is 18.2 Å². The first-order valence-corrected chi connectivity index (χ1v) is 4.56. The average Bonchev–Trinajstić information content (AvgIpc) is 2.15. The van der Waals surface area contributed by atoms with Crippen LogP contribution in [0.2, 0.25) is 0 Å². The second kappa shape index (κ2) is 4.71. The number of hydrogen-bond donors (Lipinski definition) is 2. The smallest absolute Gasteiger partial charge is 0.306 e. The van der Waals surface area contributed by atoms with Gasteiger partial charge in [-0.3, -0.25) is 14.9 Å². The van der Waals surface area contributed by atoms with E-state index in [0.29, 0.717) is 0 Å². The number of aliphatic hydroxyl groups excluding tert-OH is 1. The van der Waals surface area contributed by atoms with Crippen LogP contribution < -0.4 is 0 Å². The Morgan fingerprint density at radius 1 is 1.56 bits per heavy atom. The van der Waals surface area contributed by atoms with Crippen molar-refractivity contribution in [2.45, 2.75) is 19.4 Å². The van der Waals surface area contributed by atoms with Crippen LogP contribution in [-0.4, -0.2) is 21.1 Å². The minimum absolute atomic E-state index is 0.0346. The summed E-state index contributed by atoms with van der Waals surface area (Å²) in [6.07, 6.45) is -1.91. The molecule has 0 aromatic heterocycles. The van der Waals surface area contributed by atoms with Gasteiger partial charge in [0.25, 0.3) is 5.69 Å². The number of aliphatic hydroxyl groups is 1. The Hall–Kier alpha value is -1.95. The molecule has 86 valence electrons. The molecule has 0 saturated heterocycles. The van der Waals surface area contributed by atoms with Crippen molar-refractivity contribution in [3.05, 3.63) is 39.4 Å². The molecule has 0 aliphatic heterocycles. The first kappa shape index (κ1) is 12.1. The molecule has 0 heterocycles. The van der Waals surface area contributed by atoms with Gasteiger partial charge in [-0.15, -0.1) is 0 Å². The number of hydrogen-bond acceptors (Lipinski definition) is 4. The van der Waals surface area contributed by atoms with Gasteiger partial charge in [0, 0.05) is 6.07 Å². The molecule has 0 aliphatic rings. The highest BCUT2D eigenvalue weighted by Crippen LogP contribution is 2.27. The lowest BCUT2D eigenvalue weighted by Gasteiger charge is -2.09. The maximum atomic E-state index is 10.7. The van der Waals surface area contributed by atoms with Crippen molar-refractivity contribution in [3.63, 3.8) is 0 Å². The first-order chi connectivity index (χ1) is 7.41. The fraction of sp³-hybridized carbons (Fsp3) is 0.300. The van der Waals surface area contributed by atoms with Gasteiger partial charge in [-0.05, 0) is 13.0 Å². The first-order valence-electron chi connectivity index (χ1n) is 4.56. The molecular formula is C10H11NO5. The van der Waals surface area contributed by atoms with Gasteiger partial charge in [0.05, 0.1) is 23.0 Å². The minimum Gasteiger partial charge on any atom is -0.481 e. The maximum absolute atomic E-state index is 10.7. The van der Waals surface area contributed by atoms with E-state index in [9.17, 15) is 20.0 Å². The summed E-state index contributed by atoms with van der Waals surface area (Å²) in [7, 11) is 0. The second-order valence-electron chi connectivity index (χ2n) is 3.43. The fourth-order valence-electron chi connectivity index (χ4n) is 1.38. The van der Waals surface area contributed by atoms with Crippen molar-refractivity contribution in [3.8, 4) is 0 Å². The summed E-state index contributed by atoms with van der Waals surface area (Å²) in [4.78, 5) is 20.5. The monoisotopic (exact) mass is 225 g/mol. The molecule has 0 amide bonds. The van der Waals surface area contributed by atoms with E-state index in [-0.39, 0.29) is 11.3 Å². The molecule has 1 aromatic rings. The number of benzene rings is 1. The van der Waals surface area contributed by atoms with E-state index in [0.717, 1.165) is 5.56 Å². The molecule has 0 fully saturated rings. The lowest BCUT2D eigenvalue weighted by Crippen LogP contribution is -2.08. The molecule has 6 nitrogen and oxygen atoms in total. The van der Waals surface area contributed by atoms with Crippen molar-refractivity contribution in [2.24, 2.45) is 0 Å². The summed E-state index contributed by atoms with van der Waals surface area (Å²) in [5.41, 5.74) is 0.497. The number of aryl methyl sites for hydroxylation is 1. The number of rotatable bonds is 4. The van der Waals surface area contributed by atoms with Gasteiger partial charge in [0.2, 0.25) is 0 Å². The summed E-state index contributed by atoms with van der Waals surface area (Å²) in [5, 5.41) is 28.7. The molecular weight excluding hydrogens is 214 g/mol. The minimum atomic E-state index is -1.36. The molecule has 0 spiro atoms. The Balaban J connectivity index is 3.13. The third-order valence-electron chi connectivity index (χ3n) is 2.11. The number of aliphatic carboxylic acids is 1. The molecule has 1 aromatic carbocycles. The van der Waals surface area contributed by atoms with Crippen molar-refractivity contribution in [1.82, 2.24) is 0 Å². The molecule has 0 bridgehead atoms. The molecule has 1 unspecified atom stereocenters. The summed E-state index contributed by atoms with van der Waals surface area (Å²) < 4.78 is 0. The predicted molar refractivity (Wildman–Crippen MR) is 55.0 cm³/mol. The number of carboxylic acids is 1. The molecule has 0 radical (unpaired) electrons. The summed E-state index contributed by atoms with van der Waals surface area (Å²) >= 11 is 0. The molecule has 2 N–H and O–H groups in total. The summed E-state index contributed by atoms with van der Waals surface area (Å²) in [5.74, 6) is -1.21. The normalized spacial score (nSPS) is 12.1. The van der Waals surface area contributed by atoms with E-state index in [1.54, 1.807) is 6.92 Å². The molecule has 1 atom stereocenters. The quantitative estimate of drug-likeness (QED) is 0.596. The Bertz CT molecular complexity index is 429. The third-order valence-corrected chi connectivity index (χ3v) is 2.11. The Kier molecular flexibility index (Phi) is 3.57. The Labute approximate surface area is 91.3 Å². The highest BCUT2D eigenvalue weighted by Gasteiger charge is 2.22. The number of nitro groups is 1. The predicted octanol–water partition coefficient (Wildman–Crippen LogP) is 1.41. The summed E-state index contributed by atoms with van der Waals surface area (Å²) in [6.45, 7) is 1.71. The van der Waals surface area contributed by atoms with Crippen LogP contribution in [0.4, 0.5) is 5.69 Å². The standard InChI is InChI=1S/C10H11NO5/c1-6-2-3-8(11(15)16)7(4-6)9(12)5-10(13)14/h2-4,9,12H,5H2,1H3,(H,13,14). The van der Waals surface area contributed by atoms with Gasteiger partial charge < -0.3 is 10.2 Å². The van der Waals surface area contributed by atoms with Crippen molar-refractivity contribution in [2.75, 3.05) is 0 Å². The van der Waals surface area contributed by atoms with Crippen molar-refractivity contribution in [1.29, 1.82) is 0 Å². The lowest BCUT2D eigenvalue weighted by molar-refractivity contribution is -0.386. The molecule has 6 heteroatoms. The van der Waals surface area contributed by atoms with E-state index < -0.39 is 23.4 Å². The van der Waals surface area contributed by atoms with Crippen LogP contribution in [0.25, 0.3) is 0 Å². The highest BCUT2D eigenvalue weighted by atomic mass is 16.6. The molecule has 16 heavy (non-hydrogen) atoms. The van der Waals surface area contributed by atoms with Gasteiger partial charge in [-0.25, -0.2) is 0 Å². The summed E-state index contributed by atoms with van der Waals surface area (Å²) in [6, 6.07) is 4.22. The van der Waals surface area contributed by atoms with E-state index >= 15 is 0 Å². The Morgan fingerprint density at radius 3 is 2.69 bits per heavy atom. The fourth-order valence-corrected chi connectivity index (χ4v) is 1.38. The highest BCUT2D eigenvalue weighted by molar-refractivity contribution is 5.68. The van der Waals surface area contributed by atoms with Gasteiger partial charge in [0.1, 0.15) is 0 Å². The zero-order valence-corrected chi connectivity index (χ0v) is 8.58. The lowest BCUT2D eigenvalue weighted by atomic mass is 10.0. The third kappa shape index (κ3) is 2.77.